The Bertz CT molecular complexity index is 795. The minimum absolute atomic E-state index is 0. The standard InChI is InChI=1S/C20H25FN4O.HI/c1-4-23-20(25-13-16-8-9-18(21)14(2)10-16)24-12-15-6-5-7-17(11-15)19(26)22-3;/h5-11H,4,12-13H2,1-3H3,(H,22,26)(H2,23,24,25);1H. The average Bonchev–Trinajstić information content (AvgIpc) is 2.66. The number of nitrogens with zero attached hydrogens (tertiary/aromatic N) is 1. The van der Waals surface area contributed by atoms with Crippen LogP contribution >= 0.6 is 24.0 Å². The summed E-state index contributed by atoms with van der Waals surface area (Å²) in [7, 11) is 1.61. The van der Waals surface area contributed by atoms with Crippen molar-refractivity contribution >= 4 is 35.8 Å². The molecular formula is C20H26FIN4O. The van der Waals surface area contributed by atoms with Crippen LogP contribution < -0.4 is 16.0 Å². The third-order valence-corrected chi connectivity index (χ3v) is 3.86. The van der Waals surface area contributed by atoms with Gasteiger partial charge in [0.15, 0.2) is 5.96 Å². The van der Waals surface area contributed by atoms with Gasteiger partial charge in [-0.05, 0) is 48.7 Å². The second-order valence-electron chi connectivity index (χ2n) is 5.91. The summed E-state index contributed by atoms with van der Waals surface area (Å²) >= 11 is 0. The SMILES string of the molecule is CCNC(=NCc1cccc(C(=O)NC)c1)NCc1ccc(F)c(C)c1.I. The summed E-state index contributed by atoms with van der Waals surface area (Å²) in [6.07, 6.45) is 0. The van der Waals surface area contributed by atoms with E-state index in [9.17, 15) is 9.18 Å². The number of hydrogen-bond acceptors (Lipinski definition) is 2. The quantitative estimate of drug-likeness (QED) is 0.335. The van der Waals surface area contributed by atoms with Crippen LogP contribution in [0.2, 0.25) is 0 Å². The fourth-order valence-electron chi connectivity index (χ4n) is 2.47. The van der Waals surface area contributed by atoms with Gasteiger partial charge in [-0.3, -0.25) is 4.79 Å². The van der Waals surface area contributed by atoms with Crippen LogP contribution in [0, 0.1) is 12.7 Å². The molecule has 0 heterocycles. The van der Waals surface area contributed by atoms with Crippen LogP contribution in [0.3, 0.4) is 0 Å². The minimum Gasteiger partial charge on any atom is -0.357 e. The van der Waals surface area contributed by atoms with Gasteiger partial charge in [-0.1, -0.05) is 24.3 Å². The summed E-state index contributed by atoms with van der Waals surface area (Å²) in [5.74, 6) is 0.345. The molecule has 1 amide bonds. The summed E-state index contributed by atoms with van der Waals surface area (Å²) in [6.45, 7) is 5.46. The minimum atomic E-state index is -0.203. The fourth-order valence-corrected chi connectivity index (χ4v) is 2.47. The van der Waals surface area contributed by atoms with Crippen LogP contribution in [0.25, 0.3) is 0 Å². The molecule has 0 saturated carbocycles. The fraction of sp³-hybridized carbons (Fsp3) is 0.300. The van der Waals surface area contributed by atoms with E-state index in [1.54, 1.807) is 26.1 Å². The molecule has 0 spiro atoms. The van der Waals surface area contributed by atoms with E-state index < -0.39 is 0 Å². The number of carbonyl (C=O) groups excluding carboxylic acids is 1. The molecule has 7 heteroatoms. The summed E-state index contributed by atoms with van der Waals surface area (Å²) < 4.78 is 13.4. The van der Waals surface area contributed by atoms with Gasteiger partial charge in [0.1, 0.15) is 5.82 Å². The predicted molar refractivity (Wildman–Crippen MR) is 118 cm³/mol. The maximum atomic E-state index is 13.4. The Morgan fingerprint density at radius 1 is 1.11 bits per heavy atom. The Labute approximate surface area is 176 Å². The molecular weight excluding hydrogens is 458 g/mol. The van der Waals surface area contributed by atoms with Crippen LogP contribution in [0.4, 0.5) is 4.39 Å². The first kappa shape index (κ1) is 22.9. The number of benzene rings is 2. The first-order chi connectivity index (χ1) is 12.5. The van der Waals surface area contributed by atoms with Gasteiger partial charge in [0.25, 0.3) is 5.91 Å². The molecule has 0 aliphatic carbocycles. The number of aryl methyl sites for hydroxylation is 1. The van der Waals surface area contributed by atoms with Crippen LogP contribution in [-0.4, -0.2) is 25.5 Å². The molecule has 0 fully saturated rings. The smallest absolute Gasteiger partial charge is 0.251 e. The van der Waals surface area contributed by atoms with Gasteiger partial charge in [0.05, 0.1) is 6.54 Å². The second kappa shape index (κ2) is 11.5. The first-order valence-corrected chi connectivity index (χ1v) is 8.61. The first-order valence-electron chi connectivity index (χ1n) is 8.61. The molecule has 27 heavy (non-hydrogen) atoms. The van der Waals surface area contributed by atoms with E-state index in [1.165, 1.54) is 6.07 Å². The Morgan fingerprint density at radius 3 is 2.56 bits per heavy atom. The van der Waals surface area contributed by atoms with Crippen molar-refractivity contribution in [1.29, 1.82) is 0 Å². The van der Waals surface area contributed by atoms with Gasteiger partial charge in [-0.25, -0.2) is 9.38 Å². The molecule has 2 aromatic rings. The highest BCUT2D eigenvalue weighted by atomic mass is 127. The zero-order valence-electron chi connectivity index (χ0n) is 15.8. The maximum Gasteiger partial charge on any atom is 0.251 e. The summed E-state index contributed by atoms with van der Waals surface area (Å²) in [5.41, 5.74) is 3.16. The van der Waals surface area contributed by atoms with Crippen LogP contribution in [0.5, 0.6) is 0 Å². The maximum absolute atomic E-state index is 13.4. The highest BCUT2D eigenvalue weighted by molar-refractivity contribution is 14.0. The summed E-state index contributed by atoms with van der Waals surface area (Å²) in [4.78, 5) is 16.3. The van der Waals surface area contributed by atoms with E-state index in [0.29, 0.717) is 30.2 Å². The van der Waals surface area contributed by atoms with Crippen LogP contribution in [0.15, 0.2) is 47.5 Å². The molecule has 0 aromatic heterocycles. The lowest BCUT2D eigenvalue weighted by atomic mass is 10.1. The zero-order chi connectivity index (χ0) is 18.9. The van der Waals surface area contributed by atoms with Crippen LogP contribution in [-0.2, 0) is 13.1 Å². The molecule has 146 valence electrons. The molecule has 2 aromatic carbocycles. The van der Waals surface area contributed by atoms with Gasteiger partial charge >= 0.3 is 0 Å². The van der Waals surface area contributed by atoms with Crippen molar-refractivity contribution in [2.75, 3.05) is 13.6 Å². The lowest BCUT2D eigenvalue weighted by Gasteiger charge is -2.12. The number of nitrogens with one attached hydrogen (secondary N) is 3. The van der Waals surface area contributed by atoms with Crippen molar-refractivity contribution in [1.82, 2.24) is 16.0 Å². The lowest BCUT2D eigenvalue weighted by Crippen LogP contribution is -2.36. The summed E-state index contributed by atoms with van der Waals surface area (Å²) in [6, 6.07) is 12.4. The van der Waals surface area contributed by atoms with E-state index in [1.807, 2.05) is 31.2 Å². The number of hydrogen-bond donors (Lipinski definition) is 3. The van der Waals surface area contributed by atoms with E-state index in [-0.39, 0.29) is 35.7 Å². The molecule has 0 unspecified atom stereocenters. The normalized spacial score (nSPS) is 10.7. The van der Waals surface area contributed by atoms with E-state index >= 15 is 0 Å². The molecule has 5 nitrogen and oxygen atoms in total. The van der Waals surface area contributed by atoms with E-state index in [4.69, 9.17) is 0 Å². The molecule has 2 rings (SSSR count). The molecule has 0 aliphatic rings. The molecule has 0 aliphatic heterocycles. The second-order valence-corrected chi connectivity index (χ2v) is 5.91. The number of guanidine groups is 1. The number of aliphatic imine (C=N–C) groups is 1. The van der Waals surface area contributed by atoms with Crippen molar-refractivity contribution in [3.05, 3.63) is 70.5 Å². The Kier molecular flexibility index (Phi) is 9.77. The van der Waals surface area contributed by atoms with Gasteiger partial charge in [-0.15, -0.1) is 24.0 Å². The van der Waals surface area contributed by atoms with Gasteiger partial charge in [-0.2, -0.15) is 0 Å². The lowest BCUT2D eigenvalue weighted by molar-refractivity contribution is 0.0963. The summed E-state index contributed by atoms with van der Waals surface area (Å²) in [5, 5.41) is 9.04. The predicted octanol–water partition coefficient (Wildman–Crippen LogP) is 3.37. The molecule has 0 bridgehead atoms. The molecule has 0 atom stereocenters. The van der Waals surface area contributed by atoms with Gasteiger partial charge in [0, 0.05) is 25.7 Å². The van der Waals surface area contributed by atoms with Crippen molar-refractivity contribution in [2.45, 2.75) is 26.9 Å². The van der Waals surface area contributed by atoms with E-state index in [2.05, 4.69) is 20.9 Å². The van der Waals surface area contributed by atoms with Crippen molar-refractivity contribution in [3.8, 4) is 0 Å². The number of amides is 1. The Balaban J connectivity index is 0.00000364. The Morgan fingerprint density at radius 2 is 1.89 bits per heavy atom. The molecule has 0 saturated heterocycles. The number of carbonyl (C=O) groups is 1. The van der Waals surface area contributed by atoms with Crippen molar-refractivity contribution < 1.29 is 9.18 Å². The number of halogens is 2. The van der Waals surface area contributed by atoms with Crippen molar-refractivity contribution in [2.24, 2.45) is 4.99 Å². The van der Waals surface area contributed by atoms with Gasteiger partial charge < -0.3 is 16.0 Å². The van der Waals surface area contributed by atoms with Crippen molar-refractivity contribution in [3.63, 3.8) is 0 Å². The van der Waals surface area contributed by atoms with Gasteiger partial charge in [0.2, 0.25) is 0 Å². The molecule has 3 N–H and O–H groups in total. The highest BCUT2D eigenvalue weighted by Gasteiger charge is 2.04. The third kappa shape index (κ3) is 7.16. The largest absolute Gasteiger partial charge is 0.357 e. The zero-order valence-corrected chi connectivity index (χ0v) is 18.1. The van der Waals surface area contributed by atoms with E-state index in [0.717, 1.165) is 17.7 Å². The third-order valence-electron chi connectivity index (χ3n) is 3.86. The van der Waals surface area contributed by atoms with Crippen LogP contribution in [0.1, 0.15) is 34.0 Å². The molecule has 0 radical (unpaired) electrons. The average molecular weight is 484 g/mol. The number of rotatable bonds is 6. The topological polar surface area (TPSA) is 65.5 Å². The Hall–Kier alpha value is -2.16. The monoisotopic (exact) mass is 484 g/mol. The highest BCUT2D eigenvalue weighted by Crippen LogP contribution is 2.09.